The Bertz CT molecular complexity index is 188. The standard InChI is InChI=1S/C13H22.Y/c1-10(2)13(3)8-7-11-5-4-6-12(11)9-13;/h10-12H,1,3-9H2,2H3;/q-2;. The van der Waals surface area contributed by atoms with Gasteiger partial charge in [-0.2, -0.15) is 11.3 Å². The summed E-state index contributed by atoms with van der Waals surface area (Å²) in [5, 5.41) is 0. The molecule has 0 aromatic rings. The van der Waals surface area contributed by atoms with Crippen LogP contribution in [0, 0.1) is 37.0 Å². The molecule has 4 unspecified atom stereocenters. The zero-order chi connectivity index (χ0) is 9.47. The molecule has 1 radical (unpaired) electrons. The van der Waals surface area contributed by atoms with Crippen molar-refractivity contribution in [3.63, 3.8) is 0 Å². The van der Waals surface area contributed by atoms with Crippen molar-refractivity contribution in [1.29, 1.82) is 0 Å². The summed E-state index contributed by atoms with van der Waals surface area (Å²) in [6, 6.07) is 0. The second-order valence-corrected chi connectivity index (χ2v) is 5.46. The fourth-order valence-corrected chi connectivity index (χ4v) is 3.31. The Morgan fingerprint density at radius 3 is 2.50 bits per heavy atom. The Morgan fingerprint density at radius 1 is 1.21 bits per heavy atom. The van der Waals surface area contributed by atoms with Gasteiger partial charge in [0.05, 0.1) is 0 Å². The quantitative estimate of drug-likeness (QED) is 0.632. The summed E-state index contributed by atoms with van der Waals surface area (Å²) in [7, 11) is 0. The van der Waals surface area contributed by atoms with Gasteiger partial charge in [-0.1, -0.05) is 45.4 Å². The van der Waals surface area contributed by atoms with E-state index in [1.54, 1.807) is 0 Å². The summed E-state index contributed by atoms with van der Waals surface area (Å²) in [6.45, 7) is 10.9. The summed E-state index contributed by atoms with van der Waals surface area (Å²) in [4.78, 5) is 0. The predicted octanol–water partition coefficient (Wildman–Crippen LogP) is 3.87. The van der Waals surface area contributed by atoms with E-state index >= 15 is 0 Å². The van der Waals surface area contributed by atoms with E-state index < -0.39 is 0 Å². The van der Waals surface area contributed by atoms with Gasteiger partial charge >= 0.3 is 0 Å². The molecule has 2 rings (SSSR count). The molecule has 2 fully saturated rings. The van der Waals surface area contributed by atoms with Gasteiger partial charge in [0.15, 0.2) is 0 Å². The maximum Gasteiger partial charge on any atom is 0 e. The molecule has 0 heterocycles. The van der Waals surface area contributed by atoms with E-state index in [-0.39, 0.29) is 32.7 Å². The van der Waals surface area contributed by atoms with E-state index in [4.69, 9.17) is 0 Å². The van der Waals surface area contributed by atoms with Crippen molar-refractivity contribution in [3.05, 3.63) is 13.8 Å². The van der Waals surface area contributed by atoms with E-state index in [2.05, 4.69) is 20.8 Å². The molecule has 1 heteroatoms. The monoisotopic (exact) mass is 267 g/mol. The average Bonchev–Trinajstić information content (AvgIpc) is 2.50. The smallest absolute Gasteiger partial charge is 0 e. The Kier molecular flexibility index (Phi) is 4.66. The van der Waals surface area contributed by atoms with Gasteiger partial charge in [0, 0.05) is 32.7 Å². The molecule has 2 saturated carbocycles. The molecule has 2 aliphatic rings. The molecule has 14 heavy (non-hydrogen) atoms. The van der Waals surface area contributed by atoms with Crippen LogP contribution in [0.25, 0.3) is 0 Å². The molecule has 4 atom stereocenters. The van der Waals surface area contributed by atoms with E-state index in [9.17, 15) is 0 Å². The second-order valence-electron chi connectivity index (χ2n) is 5.46. The summed E-state index contributed by atoms with van der Waals surface area (Å²) in [6.07, 6.45) is 8.52. The van der Waals surface area contributed by atoms with Crippen molar-refractivity contribution >= 4 is 0 Å². The molecule has 0 aromatic carbocycles. The normalized spacial score (nSPS) is 43.9. The Balaban J connectivity index is 0.000000980. The first-order chi connectivity index (χ1) is 6.12. The van der Waals surface area contributed by atoms with Crippen LogP contribution in [0.15, 0.2) is 0 Å². The van der Waals surface area contributed by atoms with Crippen LogP contribution in [0.1, 0.15) is 45.4 Å². The number of hydrogen-bond donors (Lipinski definition) is 0. The van der Waals surface area contributed by atoms with E-state index in [1.807, 2.05) is 0 Å². The van der Waals surface area contributed by atoms with Crippen molar-refractivity contribution in [1.82, 2.24) is 0 Å². The van der Waals surface area contributed by atoms with Crippen molar-refractivity contribution in [2.24, 2.45) is 23.2 Å². The van der Waals surface area contributed by atoms with Gasteiger partial charge in [0.2, 0.25) is 0 Å². The van der Waals surface area contributed by atoms with Gasteiger partial charge in [0.25, 0.3) is 0 Å². The number of rotatable bonds is 1. The molecule has 0 amide bonds. The molecule has 0 N–H and O–H groups in total. The SMILES string of the molecule is [CH2-]C(C)C1([CH2-])CCC2CCCC2C1.[Y]. The molecule has 0 bridgehead atoms. The molecule has 0 spiro atoms. The van der Waals surface area contributed by atoms with Crippen molar-refractivity contribution in [2.75, 3.05) is 0 Å². The molecule has 0 aliphatic heterocycles. The van der Waals surface area contributed by atoms with E-state index in [1.165, 1.54) is 38.5 Å². The first kappa shape index (κ1) is 13.2. The van der Waals surface area contributed by atoms with Crippen LogP contribution in [0.2, 0.25) is 0 Å². The van der Waals surface area contributed by atoms with Gasteiger partial charge in [-0.05, 0) is 11.8 Å². The van der Waals surface area contributed by atoms with Crippen LogP contribution in [0.3, 0.4) is 0 Å². The van der Waals surface area contributed by atoms with Crippen LogP contribution in [-0.2, 0) is 32.7 Å². The van der Waals surface area contributed by atoms with Crippen LogP contribution in [0.4, 0.5) is 0 Å². The maximum absolute atomic E-state index is 4.43. The minimum atomic E-state index is 0. The van der Waals surface area contributed by atoms with Crippen LogP contribution < -0.4 is 0 Å². The maximum atomic E-state index is 4.43. The summed E-state index contributed by atoms with van der Waals surface area (Å²) >= 11 is 0. The van der Waals surface area contributed by atoms with Gasteiger partial charge in [0.1, 0.15) is 0 Å². The number of fused-ring (bicyclic) bond motifs is 1. The third-order valence-electron chi connectivity index (χ3n) is 4.54. The van der Waals surface area contributed by atoms with Crippen LogP contribution in [-0.4, -0.2) is 0 Å². The van der Waals surface area contributed by atoms with Gasteiger partial charge < -0.3 is 13.8 Å². The Labute approximate surface area is 114 Å². The minimum Gasteiger partial charge on any atom is -0.342 e. The zero-order valence-electron chi connectivity index (χ0n) is 9.47. The average molecular weight is 267 g/mol. The third kappa shape index (κ3) is 2.43. The van der Waals surface area contributed by atoms with Crippen LogP contribution in [0.5, 0.6) is 0 Å². The Morgan fingerprint density at radius 2 is 1.86 bits per heavy atom. The Hall–Kier alpha value is 1.10. The second kappa shape index (κ2) is 4.96. The van der Waals surface area contributed by atoms with Crippen molar-refractivity contribution in [3.8, 4) is 0 Å². The molecule has 79 valence electrons. The number of hydrogen-bond acceptors (Lipinski definition) is 0. The summed E-state index contributed by atoms with van der Waals surface area (Å²) < 4.78 is 0. The van der Waals surface area contributed by atoms with Gasteiger partial charge in [-0.25, -0.2) is 0 Å². The third-order valence-corrected chi connectivity index (χ3v) is 4.54. The van der Waals surface area contributed by atoms with Crippen molar-refractivity contribution in [2.45, 2.75) is 45.4 Å². The molecular weight excluding hydrogens is 245 g/mol. The molecule has 2 aliphatic carbocycles. The molecule has 0 saturated heterocycles. The van der Waals surface area contributed by atoms with Crippen molar-refractivity contribution < 1.29 is 32.7 Å². The molecular formula is C13H22Y-2. The summed E-state index contributed by atoms with van der Waals surface area (Å²) in [5.41, 5.74) is 0.311. The largest absolute Gasteiger partial charge is 0.342 e. The predicted molar refractivity (Wildman–Crippen MR) is 57.0 cm³/mol. The summed E-state index contributed by atoms with van der Waals surface area (Å²) in [5.74, 6) is 2.57. The van der Waals surface area contributed by atoms with Crippen LogP contribution >= 0.6 is 0 Å². The zero-order valence-corrected chi connectivity index (χ0v) is 12.3. The van der Waals surface area contributed by atoms with Gasteiger partial charge in [-0.15, -0.1) is 0 Å². The first-order valence-corrected chi connectivity index (χ1v) is 5.80. The fourth-order valence-electron chi connectivity index (χ4n) is 3.31. The first-order valence-electron chi connectivity index (χ1n) is 5.80. The van der Waals surface area contributed by atoms with E-state index in [0.29, 0.717) is 11.3 Å². The van der Waals surface area contributed by atoms with Gasteiger partial charge in [-0.3, -0.25) is 0 Å². The molecule has 0 nitrogen and oxygen atoms in total. The topological polar surface area (TPSA) is 0 Å². The minimum absolute atomic E-state index is 0. The fraction of sp³-hybridized carbons (Fsp3) is 0.846. The molecule has 0 aromatic heterocycles. The van der Waals surface area contributed by atoms with E-state index in [0.717, 1.165) is 11.8 Å².